The number of carbonyl (C=O) groups excluding carboxylic acids is 1. The molecule has 1 aromatic carbocycles. The zero-order valence-corrected chi connectivity index (χ0v) is 18.2. The standard InChI is InChI=1S/C22H26N2O3S2/c1-2-27-20(25)22(26,18-10-5-11-29-18)13-23-21(28)24-19-16-8-3-6-14(16)12-15-7-4-9-17(15)19/h5,10-12,26H,2-4,6-9,13H2,1H3,(H2,23,24,28). The van der Waals surface area contributed by atoms with Gasteiger partial charge in [-0.1, -0.05) is 12.1 Å². The van der Waals surface area contributed by atoms with Gasteiger partial charge in [-0.25, -0.2) is 4.79 Å². The Kier molecular flexibility index (Phi) is 5.90. The van der Waals surface area contributed by atoms with Crippen LogP contribution in [0.4, 0.5) is 5.69 Å². The lowest BCUT2D eigenvalue weighted by Gasteiger charge is -2.26. The van der Waals surface area contributed by atoms with Gasteiger partial charge in [0, 0.05) is 10.6 Å². The van der Waals surface area contributed by atoms with Crippen LogP contribution in [-0.2, 0) is 40.8 Å². The second-order valence-corrected chi connectivity index (χ2v) is 8.96. The van der Waals surface area contributed by atoms with Gasteiger partial charge < -0.3 is 20.5 Å². The molecule has 154 valence electrons. The van der Waals surface area contributed by atoms with Crippen molar-refractivity contribution in [1.82, 2.24) is 5.32 Å². The summed E-state index contributed by atoms with van der Waals surface area (Å²) in [5, 5.41) is 19.8. The summed E-state index contributed by atoms with van der Waals surface area (Å²) in [6, 6.07) is 5.91. The smallest absolute Gasteiger partial charge is 0.345 e. The number of nitrogens with one attached hydrogen (secondary N) is 2. The summed E-state index contributed by atoms with van der Waals surface area (Å²) in [6.07, 6.45) is 6.73. The van der Waals surface area contributed by atoms with Crippen molar-refractivity contribution in [2.75, 3.05) is 18.5 Å². The van der Waals surface area contributed by atoms with Crippen molar-refractivity contribution < 1.29 is 14.6 Å². The summed E-state index contributed by atoms with van der Waals surface area (Å²) in [5.74, 6) is -0.667. The summed E-state index contributed by atoms with van der Waals surface area (Å²) in [4.78, 5) is 13.0. The van der Waals surface area contributed by atoms with Gasteiger partial charge in [0.15, 0.2) is 5.11 Å². The molecule has 4 rings (SSSR count). The highest BCUT2D eigenvalue weighted by atomic mass is 32.1. The summed E-state index contributed by atoms with van der Waals surface area (Å²) in [7, 11) is 0. The fourth-order valence-electron chi connectivity index (χ4n) is 4.36. The minimum absolute atomic E-state index is 0.0462. The molecule has 29 heavy (non-hydrogen) atoms. The van der Waals surface area contributed by atoms with E-state index in [1.54, 1.807) is 19.1 Å². The van der Waals surface area contributed by atoms with Crippen LogP contribution in [0, 0.1) is 0 Å². The van der Waals surface area contributed by atoms with Gasteiger partial charge in [-0.05, 0) is 91.4 Å². The average Bonchev–Trinajstić information content (AvgIpc) is 3.46. The minimum atomic E-state index is -1.77. The molecule has 3 N–H and O–H groups in total. The number of esters is 1. The van der Waals surface area contributed by atoms with Crippen LogP contribution in [-0.4, -0.2) is 29.3 Å². The second-order valence-electron chi connectivity index (χ2n) is 7.60. The molecule has 0 radical (unpaired) electrons. The molecule has 2 aromatic rings. The quantitative estimate of drug-likeness (QED) is 0.482. The van der Waals surface area contributed by atoms with E-state index in [1.165, 1.54) is 46.4 Å². The van der Waals surface area contributed by atoms with E-state index in [9.17, 15) is 9.90 Å². The lowest BCUT2D eigenvalue weighted by Crippen LogP contribution is -2.48. The number of anilines is 1. The van der Waals surface area contributed by atoms with Crippen LogP contribution in [0.1, 0.15) is 46.9 Å². The van der Waals surface area contributed by atoms with Crippen molar-refractivity contribution in [2.24, 2.45) is 0 Å². The molecule has 1 atom stereocenters. The molecule has 0 saturated carbocycles. The minimum Gasteiger partial charge on any atom is -0.464 e. The molecular formula is C22H26N2O3S2. The van der Waals surface area contributed by atoms with E-state index < -0.39 is 11.6 Å². The van der Waals surface area contributed by atoms with Gasteiger partial charge in [0.2, 0.25) is 5.60 Å². The van der Waals surface area contributed by atoms with Crippen molar-refractivity contribution in [3.8, 4) is 0 Å². The third-order valence-electron chi connectivity index (χ3n) is 5.76. The second kappa shape index (κ2) is 8.42. The van der Waals surface area contributed by atoms with Crippen molar-refractivity contribution >= 4 is 40.3 Å². The molecule has 2 aliphatic carbocycles. The zero-order valence-electron chi connectivity index (χ0n) is 16.5. The van der Waals surface area contributed by atoms with Gasteiger partial charge in [0.25, 0.3) is 0 Å². The normalized spacial score (nSPS) is 16.6. The van der Waals surface area contributed by atoms with E-state index in [2.05, 4.69) is 16.7 Å². The summed E-state index contributed by atoms with van der Waals surface area (Å²) in [6.45, 7) is 1.88. The number of benzene rings is 1. The lowest BCUT2D eigenvalue weighted by molar-refractivity contribution is -0.165. The Balaban J connectivity index is 1.51. The van der Waals surface area contributed by atoms with Gasteiger partial charge >= 0.3 is 5.97 Å². The Labute approximate surface area is 180 Å². The number of carbonyl (C=O) groups is 1. The van der Waals surface area contributed by atoms with Crippen LogP contribution in [0.5, 0.6) is 0 Å². The molecule has 0 fully saturated rings. The fraction of sp³-hybridized carbons (Fsp3) is 0.455. The Morgan fingerprint density at radius 1 is 1.24 bits per heavy atom. The summed E-state index contributed by atoms with van der Waals surface area (Å²) in [5.41, 5.74) is 4.97. The zero-order chi connectivity index (χ0) is 20.4. The molecule has 0 amide bonds. The van der Waals surface area contributed by atoms with Crippen LogP contribution in [0.2, 0.25) is 0 Å². The number of aryl methyl sites for hydroxylation is 2. The molecule has 1 unspecified atom stereocenters. The lowest BCUT2D eigenvalue weighted by atomic mass is 9.99. The maximum absolute atomic E-state index is 12.5. The molecule has 1 heterocycles. The topological polar surface area (TPSA) is 70.6 Å². The van der Waals surface area contributed by atoms with Gasteiger partial charge in [0.05, 0.1) is 13.2 Å². The van der Waals surface area contributed by atoms with Crippen LogP contribution in [0.3, 0.4) is 0 Å². The van der Waals surface area contributed by atoms with Gasteiger partial charge in [-0.15, -0.1) is 11.3 Å². The van der Waals surface area contributed by atoms with E-state index >= 15 is 0 Å². The van der Waals surface area contributed by atoms with E-state index in [0.717, 1.165) is 31.4 Å². The first-order chi connectivity index (χ1) is 14.0. The molecular weight excluding hydrogens is 404 g/mol. The van der Waals surface area contributed by atoms with Crippen LogP contribution < -0.4 is 10.6 Å². The molecule has 0 spiro atoms. The molecule has 1 aromatic heterocycles. The molecule has 0 bridgehead atoms. The van der Waals surface area contributed by atoms with Gasteiger partial charge in [-0.2, -0.15) is 0 Å². The Bertz CT molecular complexity index is 894. The van der Waals surface area contributed by atoms with Crippen molar-refractivity contribution in [3.05, 3.63) is 50.7 Å². The van der Waals surface area contributed by atoms with Gasteiger partial charge in [0.1, 0.15) is 0 Å². The molecule has 0 aliphatic heterocycles. The van der Waals surface area contributed by atoms with Crippen molar-refractivity contribution in [2.45, 2.75) is 51.0 Å². The first-order valence-electron chi connectivity index (χ1n) is 10.2. The molecule has 0 saturated heterocycles. The SMILES string of the molecule is CCOC(=O)C(O)(CNC(=S)Nc1c2c(cc3c1CCC3)CCC2)c1cccs1. The number of thiophene rings is 1. The van der Waals surface area contributed by atoms with Crippen molar-refractivity contribution in [3.63, 3.8) is 0 Å². The van der Waals surface area contributed by atoms with E-state index in [0.29, 0.717) is 9.99 Å². The highest BCUT2D eigenvalue weighted by molar-refractivity contribution is 7.80. The Morgan fingerprint density at radius 3 is 2.52 bits per heavy atom. The maximum Gasteiger partial charge on any atom is 0.345 e. The summed E-state index contributed by atoms with van der Waals surface area (Å²) >= 11 is 6.86. The predicted molar refractivity (Wildman–Crippen MR) is 120 cm³/mol. The number of rotatable bonds is 6. The van der Waals surface area contributed by atoms with Crippen LogP contribution in [0.25, 0.3) is 0 Å². The number of ether oxygens (including phenoxy) is 1. The fourth-order valence-corrected chi connectivity index (χ4v) is 5.34. The predicted octanol–water partition coefficient (Wildman–Crippen LogP) is 3.46. The van der Waals surface area contributed by atoms with Crippen molar-refractivity contribution in [1.29, 1.82) is 0 Å². The molecule has 7 heteroatoms. The maximum atomic E-state index is 12.5. The highest BCUT2D eigenvalue weighted by Gasteiger charge is 2.41. The summed E-state index contributed by atoms with van der Waals surface area (Å²) < 4.78 is 5.12. The molecule has 2 aliphatic rings. The third kappa shape index (κ3) is 3.91. The molecule has 5 nitrogen and oxygen atoms in total. The number of aliphatic hydroxyl groups is 1. The Hall–Kier alpha value is -1.96. The Morgan fingerprint density at radius 2 is 1.93 bits per heavy atom. The first-order valence-corrected chi connectivity index (χ1v) is 11.5. The third-order valence-corrected chi connectivity index (χ3v) is 7.03. The van der Waals surface area contributed by atoms with Crippen LogP contribution >= 0.6 is 23.6 Å². The average molecular weight is 431 g/mol. The van der Waals surface area contributed by atoms with Crippen LogP contribution in [0.15, 0.2) is 23.6 Å². The van der Waals surface area contributed by atoms with E-state index in [1.807, 2.05) is 5.38 Å². The van der Waals surface area contributed by atoms with E-state index in [-0.39, 0.29) is 13.2 Å². The number of fused-ring (bicyclic) bond motifs is 2. The number of hydrogen-bond donors (Lipinski definition) is 3. The number of thiocarbonyl (C=S) groups is 1. The van der Waals surface area contributed by atoms with E-state index in [4.69, 9.17) is 17.0 Å². The number of hydrogen-bond acceptors (Lipinski definition) is 5. The van der Waals surface area contributed by atoms with Gasteiger partial charge in [-0.3, -0.25) is 0 Å². The highest BCUT2D eigenvalue weighted by Crippen LogP contribution is 2.38. The first kappa shape index (κ1) is 20.3. The largest absolute Gasteiger partial charge is 0.464 e. The monoisotopic (exact) mass is 430 g/mol.